The number of hydrogen-bond acceptors (Lipinski definition) is 8. The van der Waals surface area contributed by atoms with E-state index < -0.39 is 0 Å². The van der Waals surface area contributed by atoms with Crippen LogP contribution >= 0.6 is 11.3 Å². The molecule has 10 heteroatoms. The highest BCUT2D eigenvalue weighted by atomic mass is 32.1. The van der Waals surface area contributed by atoms with Crippen LogP contribution in [0.15, 0.2) is 103 Å². The molecule has 296 valence electrons. The van der Waals surface area contributed by atoms with Gasteiger partial charge in [0.1, 0.15) is 29.7 Å². The lowest BCUT2D eigenvalue weighted by atomic mass is 9.97. The predicted molar refractivity (Wildman–Crippen MR) is 230 cm³/mol. The third-order valence-corrected chi connectivity index (χ3v) is 12.2. The van der Waals surface area contributed by atoms with Gasteiger partial charge in [-0.2, -0.15) is 0 Å². The number of ether oxygens (including phenoxy) is 1. The quantitative estimate of drug-likeness (QED) is 0.0569. The first-order valence-electron chi connectivity index (χ1n) is 19.9. The molecule has 1 aliphatic rings. The summed E-state index contributed by atoms with van der Waals surface area (Å²) in [5.74, 6) is 0.516. The molecule has 5 aromatic carbocycles. The van der Waals surface area contributed by atoms with Crippen LogP contribution in [0, 0.1) is 5.82 Å². The van der Waals surface area contributed by atoms with E-state index >= 15 is 0 Å². The van der Waals surface area contributed by atoms with Crippen LogP contribution in [-0.2, 0) is 13.0 Å². The molecule has 4 N–H and O–H groups in total. The summed E-state index contributed by atoms with van der Waals surface area (Å²) in [6, 6.07) is 30.4. The maximum atomic E-state index is 14.3. The smallest absolute Gasteiger partial charge is 0.195 e. The molecule has 0 unspecified atom stereocenters. The second kappa shape index (κ2) is 17.4. The second-order valence-corrected chi connectivity index (χ2v) is 16.2. The monoisotopic (exact) mass is 795 g/mol. The van der Waals surface area contributed by atoms with E-state index in [1.165, 1.54) is 29.0 Å². The summed E-state index contributed by atoms with van der Waals surface area (Å²) < 4.78 is 21.1. The predicted octanol–water partition coefficient (Wildman–Crippen LogP) is 10.3. The number of phenols is 2. The number of likely N-dealkylation sites (N-methyl/N-ethyl adjacent to an activating group) is 1. The number of nitrogens with one attached hydrogen (secondary N) is 2. The molecule has 0 atom stereocenters. The normalized spacial score (nSPS) is 12.8. The molecule has 8 rings (SSSR count). The van der Waals surface area contributed by atoms with Crippen LogP contribution in [0.3, 0.4) is 0 Å². The van der Waals surface area contributed by atoms with Gasteiger partial charge in [-0.15, -0.1) is 11.3 Å². The Morgan fingerprint density at radius 2 is 1.62 bits per heavy atom. The maximum absolute atomic E-state index is 14.3. The molecule has 2 aromatic heterocycles. The third kappa shape index (κ3) is 8.55. The lowest BCUT2D eigenvalue weighted by Gasteiger charge is -2.17. The van der Waals surface area contributed by atoms with Crippen molar-refractivity contribution in [2.45, 2.75) is 45.1 Å². The van der Waals surface area contributed by atoms with Gasteiger partial charge < -0.3 is 30.2 Å². The van der Waals surface area contributed by atoms with Gasteiger partial charge >= 0.3 is 0 Å². The second-order valence-electron chi connectivity index (χ2n) is 15.1. The highest BCUT2D eigenvalue weighted by Gasteiger charge is 2.24. The Labute approximate surface area is 340 Å². The van der Waals surface area contributed by atoms with Crippen molar-refractivity contribution in [2.24, 2.45) is 0 Å². The number of aromatic amines is 1. The first-order chi connectivity index (χ1) is 28.2. The number of halogens is 1. The summed E-state index contributed by atoms with van der Waals surface area (Å²) in [6.45, 7) is 4.02. The van der Waals surface area contributed by atoms with Crippen molar-refractivity contribution in [1.82, 2.24) is 15.2 Å². The van der Waals surface area contributed by atoms with E-state index in [9.17, 15) is 24.2 Å². The number of aromatic hydroxyl groups is 2. The number of fused-ring (bicyclic) bond motifs is 1. The molecule has 0 fully saturated rings. The van der Waals surface area contributed by atoms with Gasteiger partial charge in [0.2, 0.25) is 0 Å². The lowest BCUT2D eigenvalue weighted by molar-refractivity contribution is 0.0981. The highest BCUT2D eigenvalue weighted by molar-refractivity contribution is 7.22. The fourth-order valence-corrected chi connectivity index (χ4v) is 9.12. The number of hydrogen-bond donors (Lipinski definition) is 4. The van der Waals surface area contributed by atoms with Crippen molar-refractivity contribution < 1.29 is 28.9 Å². The molecule has 0 spiro atoms. The van der Waals surface area contributed by atoms with E-state index in [2.05, 4.69) is 46.5 Å². The number of thiophene rings is 1. The first kappa shape index (κ1) is 39.0. The Morgan fingerprint density at radius 1 is 0.862 bits per heavy atom. The molecule has 58 heavy (non-hydrogen) atoms. The number of ketones is 2. The lowest BCUT2D eigenvalue weighted by Crippen LogP contribution is -2.25. The number of aromatic nitrogens is 1. The maximum Gasteiger partial charge on any atom is 0.195 e. The van der Waals surface area contributed by atoms with Crippen LogP contribution in [0.4, 0.5) is 4.39 Å². The minimum absolute atomic E-state index is 0.0140. The number of carbonyl (C=O) groups excluding carboxylic acids is 2. The van der Waals surface area contributed by atoms with Crippen LogP contribution in [0.2, 0.25) is 0 Å². The molecule has 0 amide bonds. The standard InChI is InChI=1S/C48H46FN3O5S/c1-52(23-4-2-3-22-50-29-30-8-10-31(11-9-30)46-39-6-5-7-42(55)40-26-34(49)27-41(51-46)44(39)40)24-25-57-37-19-14-32(15-20-37)47(56)45-38-21-18-36(54)28-43(38)58-48(45)33-12-16-35(53)17-13-33/h8-21,26-28,50-51,53-54H,2-7,22-25,29H2,1H3. The summed E-state index contributed by atoms with van der Waals surface area (Å²) in [4.78, 5) is 33.0. The Morgan fingerprint density at radius 3 is 2.41 bits per heavy atom. The van der Waals surface area contributed by atoms with Gasteiger partial charge in [0.25, 0.3) is 0 Å². The molecule has 0 aliphatic heterocycles. The zero-order valence-electron chi connectivity index (χ0n) is 32.4. The van der Waals surface area contributed by atoms with E-state index in [-0.39, 0.29) is 28.9 Å². The summed E-state index contributed by atoms with van der Waals surface area (Å²) in [7, 11) is 2.10. The van der Waals surface area contributed by atoms with Crippen molar-refractivity contribution in [3.63, 3.8) is 0 Å². The molecule has 1 aliphatic carbocycles. The van der Waals surface area contributed by atoms with E-state index in [1.54, 1.807) is 54.6 Å². The molecule has 0 radical (unpaired) electrons. The minimum atomic E-state index is -0.386. The molecular weight excluding hydrogens is 750 g/mol. The van der Waals surface area contributed by atoms with Gasteiger partial charge in [-0.05, 0) is 147 Å². The van der Waals surface area contributed by atoms with E-state index in [4.69, 9.17) is 4.74 Å². The Hall–Kier alpha value is -5.81. The first-order valence-corrected chi connectivity index (χ1v) is 20.7. The molecule has 8 nitrogen and oxygen atoms in total. The fraction of sp³-hybridized carbons (Fsp3) is 0.250. The van der Waals surface area contributed by atoms with Gasteiger partial charge in [0, 0.05) is 67.8 Å². The van der Waals surface area contributed by atoms with Gasteiger partial charge in [0.15, 0.2) is 11.6 Å². The SMILES string of the molecule is CN(CCCCCNCc1ccc(-c2[nH]c3cc(F)cc4c3c2CCCC4=O)cc1)CCOc1ccc(C(=O)c2c(-c3ccc(O)cc3)sc3cc(O)ccc23)cc1. The van der Waals surface area contributed by atoms with Crippen LogP contribution in [0.1, 0.15) is 69.5 Å². The summed E-state index contributed by atoms with van der Waals surface area (Å²) in [6.07, 6.45) is 5.31. The number of H-pyrrole nitrogens is 1. The van der Waals surface area contributed by atoms with Crippen LogP contribution < -0.4 is 10.1 Å². The van der Waals surface area contributed by atoms with Gasteiger partial charge in [-0.3, -0.25) is 9.59 Å². The van der Waals surface area contributed by atoms with Crippen LogP contribution in [-0.4, -0.2) is 65.0 Å². The minimum Gasteiger partial charge on any atom is -0.508 e. The Balaban J connectivity index is 0.754. The molecular formula is C48H46FN3O5S. The number of unbranched alkanes of at least 4 members (excludes halogenated alkanes) is 2. The summed E-state index contributed by atoms with van der Waals surface area (Å²) in [5.41, 5.74) is 7.46. The molecule has 0 bridgehead atoms. The molecule has 2 heterocycles. The van der Waals surface area contributed by atoms with Gasteiger partial charge in [-0.1, -0.05) is 30.7 Å². The number of rotatable bonds is 16. The van der Waals surface area contributed by atoms with Crippen molar-refractivity contribution in [3.05, 3.63) is 137 Å². The van der Waals surface area contributed by atoms with E-state index in [0.717, 1.165) is 101 Å². The zero-order valence-corrected chi connectivity index (χ0v) is 33.3. The number of aryl methyl sites for hydroxylation is 1. The average molecular weight is 796 g/mol. The van der Waals surface area contributed by atoms with Crippen molar-refractivity contribution in [1.29, 1.82) is 0 Å². The zero-order chi connectivity index (χ0) is 40.2. The van der Waals surface area contributed by atoms with E-state index in [0.29, 0.717) is 41.0 Å². The van der Waals surface area contributed by atoms with Crippen LogP contribution in [0.5, 0.6) is 17.2 Å². The number of Topliss-reactive ketones (excluding diaryl/α,β-unsaturated/α-hetero) is 1. The van der Waals surface area contributed by atoms with Crippen molar-refractivity contribution in [2.75, 3.05) is 33.3 Å². The number of phenolic OH excluding ortho intramolecular Hbond substituents is 2. The third-order valence-electron chi connectivity index (χ3n) is 11.0. The average Bonchev–Trinajstić information content (AvgIpc) is 3.73. The van der Waals surface area contributed by atoms with E-state index in [1.807, 2.05) is 12.1 Å². The van der Waals surface area contributed by atoms with Gasteiger partial charge in [0.05, 0.1) is 0 Å². The molecule has 7 aromatic rings. The van der Waals surface area contributed by atoms with Gasteiger partial charge in [-0.25, -0.2) is 4.39 Å². The van der Waals surface area contributed by atoms with Crippen molar-refractivity contribution >= 4 is 43.9 Å². The largest absolute Gasteiger partial charge is 0.508 e. The summed E-state index contributed by atoms with van der Waals surface area (Å²) in [5, 5.41) is 25.1. The number of benzene rings is 5. The van der Waals surface area contributed by atoms with Crippen LogP contribution in [0.25, 0.3) is 42.7 Å². The number of nitrogens with zero attached hydrogens (tertiary/aromatic N) is 1. The topological polar surface area (TPSA) is 115 Å². The Bertz CT molecular complexity index is 2580. The highest BCUT2D eigenvalue weighted by Crippen LogP contribution is 2.42. The fourth-order valence-electron chi connectivity index (χ4n) is 7.88. The molecule has 0 saturated carbocycles. The Kier molecular flexibility index (Phi) is 11.7. The summed E-state index contributed by atoms with van der Waals surface area (Å²) >= 11 is 1.44. The number of carbonyl (C=O) groups is 2. The van der Waals surface area contributed by atoms with Crippen molar-refractivity contribution in [3.8, 4) is 38.9 Å². The molecule has 0 saturated heterocycles.